The SMILES string of the molecule is CC(CNC(=O)N1CCCC(C(=O)O)C1)Oc1ccccc1Cl. The number of hydrogen-bond acceptors (Lipinski definition) is 3. The van der Waals surface area contributed by atoms with Gasteiger partial charge in [-0.15, -0.1) is 0 Å². The minimum absolute atomic E-state index is 0.251. The summed E-state index contributed by atoms with van der Waals surface area (Å²) < 4.78 is 5.68. The zero-order valence-electron chi connectivity index (χ0n) is 13.0. The molecule has 126 valence electrons. The van der Waals surface area contributed by atoms with Crippen LogP contribution in [0.1, 0.15) is 19.8 Å². The van der Waals surface area contributed by atoms with Gasteiger partial charge >= 0.3 is 12.0 Å². The van der Waals surface area contributed by atoms with E-state index in [1.165, 1.54) is 0 Å². The monoisotopic (exact) mass is 340 g/mol. The number of nitrogens with one attached hydrogen (secondary N) is 1. The van der Waals surface area contributed by atoms with Crippen LogP contribution in [-0.4, -0.2) is 47.7 Å². The van der Waals surface area contributed by atoms with Gasteiger partial charge in [0.1, 0.15) is 11.9 Å². The van der Waals surface area contributed by atoms with Gasteiger partial charge < -0.3 is 20.1 Å². The summed E-state index contributed by atoms with van der Waals surface area (Å²) in [7, 11) is 0. The van der Waals surface area contributed by atoms with E-state index in [9.17, 15) is 9.59 Å². The first kappa shape index (κ1) is 17.4. The summed E-state index contributed by atoms with van der Waals surface area (Å²) >= 11 is 6.02. The highest BCUT2D eigenvalue weighted by atomic mass is 35.5. The predicted molar refractivity (Wildman–Crippen MR) is 86.9 cm³/mol. The number of rotatable bonds is 5. The van der Waals surface area contributed by atoms with Gasteiger partial charge in [0.15, 0.2) is 0 Å². The lowest BCUT2D eigenvalue weighted by molar-refractivity contribution is -0.143. The number of urea groups is 1. The zero-order chi connectivity index (χ0) is 16.8. The van der Waals surface area contributed by atoms with Gasteiger partial charge in [0.2, 0.25) is 0 Å². The van der Waals surface area contributed by atoms with Gasteiger partial charge in [-0.3, -0.25) is 4.79 Å². The molecule has 7 heteroatoms. The summed E-state index contributed by atoms with van der Waals surface area (Å²) in [6.45, 7) is 2.98. The lowest BCUT2D eigenvalue weighted by atomic mass is 9.99. The van der Waals surface area contributed by atoms with Crippen molar-refractivity contribution in [2.75, 3.05) is 19.6 Å². The second-order valence-corrected chi connectivity index (χ2v) is 6.08. The van der Waals surface area contributed by atoms with Gasteiger partial charge in [-0.05, 0) is 31.9 Å². The number of aliphatic carboxylic acids is 1. The van der Waals surface area contributed by atoms with Gasteiger partial charge in [-0.25, -0.2) is 4.79 Å². The smallest absolute Gasteiger partial charge is 0.317 e. The molecule has 0 aliphatic carbocycles. The van der Waals surface area contributed by atoms with Crippen molar-refractivity contribution in [2.45, 2.75) is 25.9 Å². The molecule has 23 heavy (non-hydrogen) atoms. The lowest BCUT2D eigenvalue weighted by Crippen LogP contribution is -2.48. The van der Waals surface area contributed by atoms with E-state index in [2.05, 4.69) is 5.32 Å². The van der Waals surface area contributed by atoms with E-state index in [1.807, 2.05) is 19.1 Å². The zero-order valence-corrected chi connectivity index (χ0v) is 13.8. The number of carbonyl (C=O) groups excluding carboxylic acids is 1. The van der Waals surface area contributed by atoms with E-state index >= 15 is 0 Å². The van der Waals surface area contributed by atoms with Crippen LogP contribution in [0.2, 0.25) is 5.02 Å². The highest BCUT2D eigenvalue weighted by Gasteiger charge is 2.28. The minimum Gasteiger partial charge on any atom is -0.487 e. The maximum atomic E-state index is 12.1. The average molecular weight is 341 g/mol. The average Bonchev–Trinajstić information content (AvgIpc) is 2.55. The Kier molecular flexibility index (Phi) is 6.10. The molecule has 0 saturated carbocycles. The Labute approximate surface area is 140 Å². The van der Waals surface area contributed by atoms with Crippen LogP contribution in [0, 0.1) is 5.92 Å². The Morgan fingerprint density at radius 1 is 1.48 bits per heavy atom. The van der Waals surface area contributed by atoms with Crippen molar-refractivity contribution in [2.24, 2.45) is 5.92 Å². The van der Waals surface area contributed by atoms with Crippen molar-refractivity contribution in [1.82, 2.24) is 10.2 Å². The molecule has 1 saturated heterocycles. The fourth-order valence-corrected chi connectivity index (χ4v) is 2.69. The summed E-state index contributed by atoms with van der Waals surface area (Å²) in [5.74, 6) is -0.760. The van der Waals surface area contributed by atoms with E-state index in [-0.39, 0.29) is 18.7 Å². The Bertz CT molecular complexity index is 567. The summed E-state index contributed by atoms with van der Waals surface area (Å²) in [6, 6.07) is 6.89. The van der Waals surface area contributed by atoms with Crippen molar-refractivity contribution in [1.29, 1.82) is 0 Å². The van der Waals surface area contributed by atoms with Crippen LogP contribution in [0.4, 0.5) is 4.79 Å². The normalized spacial score (nSPS) is 19.0. The van der Waals surface area contributed by atoms with E-state index in [0.29, 0.717) is 36.7 Å². The summed E-state index contributed by atoms with van der Waals surface area (Å²) in [5, 5.41) is 12.4. The molecule has 2 N–H and O–H groups in total. The molecule has 2 amide bonds. The topological polar surface area (TPSA) is 78.9 Å². The first-order valence-corrected chi connectivity index (χ1v) is 8.02. The molecule has 2 rings (SSSR count). The maximum Gasteiger partial charge on any atom is 0.317 e. The molecule has 0 aromatic heterocycles. The van der Waals surface area contributed by atoms with Crippen LogP contribution < -0.4 is 10.1 Å². The molecule has 1 fully saturated rings. The molecule has 6 nitrogen and oxygen atoms in total. The van der Waals surface area contributed by atoms with Gasteiger partial charge in [-0.1, -0.05) is 23.7 Å². The van der Waals surface area contributed by atoms with Gasteiger partial charge in [-0.2, -0.15) is 0 Å². The highest BCUT2D eigenvalue weighted by molar-refractivity contribution is 6.32. The van der Waals surface area contributed by atoms with Gasteiger partial charge in [0.05, 0.1) is 17.5 Å². The molecule has 2 unspecified atom stereocenters. The van der Waals surface area contributed by atoms with Crippen LogP contribution >= 0.6 is 11.6 Å². The lowest BCUT2D eigenvalue weighted by Gasteiger charge is -2.31. The number of nitrogens with zero attached hydrogens (tertiary/aromatic N) is 1. The van der Waals surface area contributed by atoms with Gasteiger partial charge in [0, 0.05) is 13.1 Å². The van der Waals surface area contributed by atoms with Crippen LogP contribution in [0.3, 0.4) is 0 Å². The van der Waals surface area contributed by atoms with Crippen LogP contribution in [0.25, 0.3) is 0 Å². The van der Waals surface area contributed by atoms with E-state index in [1.54, 1.807) is 17.0 Å². The third kappa shape index (κ3) is 5.03. The largest absolute Gasteiger partial charge is 0.487 e. The summed E-state index contributed by atoms with van der Waals surface area (Å²) in [5.41, 5.74) is 0. The number of carboxylic acids is 1. The molecule has 1 heterocycles. The Hall–Kier alpha value is -1.95. The molecule has 1 aromatic rings. The number of carboxylic acid groups (broad SMARTS) is 1. The number of amides is 2. The predicted octanol–water partition coefficient (Wildman–Crippen LogP) is 2.61. The molecule has 1 aliphatic heterocycles. The number of halogens is 1. The maximum absolute atomic E-state index is 12.1. The minimum atomic E-state index is -0.849. The molecular formula is C16H21ClN2O4. The Balaban J connectivity index is 1.79. The number of para-hydroxylation sites is 1. The first-order chi connectivity index (χ1) is 11.0. The molecular weight excluding hydrogens is 320 g/mol. The Morgan fingerprint density at radius 3 is 2.91 bits per heavy atom. The molecule has 2 atom stereocenters. The fraction of sp³-hybridized carbons (Fsp3) is 0.500. The third-order valence-electron chi connectivity index (χ3n) is 3.76. The highest BCUT2D eigenvalue weighted by Crippen LogP contribution is 2.24. The molecule has 1 aliphatic rings. The number of likely N-dealkylation sites (tertiary alicyclic amines) is 1. The summed E-state index contributed by atoms with van der Waals surface area (Å²) in [4.78, 5) is 24.7. The van der Waals surface area contributed by atoms with Crippen LogP contribution in [0.5, 0.6) is 5.75 Å². The number of hydrogen-bond donors (Lipinski definition) is 2. The van der Waals surface area contributed by atoms with Crippen molar-refractivity contribution < 1.29 is 19.4 Å². The third-order valence-corrected chi connectivity index (χ3v) is 4.08. The van der Waals surface area contributed by atoms with Crippen molar-refractivity contribution >= 4 is 23.6 Å². The number of benzene rings is 1. The molecule has 0 bridgehead atoms. The van der Waals surface area contributed by atoms with Crippen LogP contribution in [-0.2, 0) is 4.79 Å². The van der Waals surface area contributed by atoms with Crippen molar-refractivity contribution in [3.8, 4) is 5.75 Å². The van der Waals surface area contributed by atoms with E-state index in [4.69, 9.17) is 21.4 Å². The van der Waals surface area contributed by atoms with Crippen molar-refractivity contribution in [3.63, 3.8) is 0 Å². The first-order valence-electron chi connectivity index (χ1n) is 7.64. The molecule has 0 spiro atoms. The molecule has 0 radical (unpaired) electrons. The standard InChI is InChI=1S/C16H21ClN2O4/c1-11(23-14-7-3-2-6-13(14)17)9-18-16(22)19-8-4-5-12(10-19)15(20)21/h2-3,6-7,11-12H,4-5,8-10H2,1H3,(H,18,22)(H,20,21). The van der Waals surface area contributed by atoms with E-state index < -0.39 is 11.9 Å². The second-order valence-electron chi connectivity index (χ2n) is 5.67. The fourth-order valence-electron chi connectivity index (χ4n) is 2.50. The van der Waals surface area contributed by atoms with Gasteiger partial charge in [0.25, 0.3) is 0 Å². The summed E-state index contributed by atoms with van der Waals surface area (Å²) in [6.07, 6.45) is 1.07. The quantitative estimate of drug-likeness (QED) is 0.863. The second kappa shape index (κ2) is 8.06. The number of piperidine rings is 1. The van der Waals surface area contributed by atoms with E-state index in [0.717, 1.165) is 0 Å². The molecule has 1 aromatic carbocycles. The number of carbonyl (C=O) groups is 2. The number of ether oxygens (including phenoxy) is 1. The van der Waals surface area contributed by atoms with Crippen LogP contribution in [0.15, 0.2) is 24.3 Å². The van der Waals surface area contributed by atoms with Crippen molar-refractivity contribution in [3.05, 3.63) is 29.3 Å². The Morgan fingerprint density at radius 2 is 2.22 bits per heavy atom.